The second kappa shape index (κ2) is 5.65. The van der Waals surface area contributed by atoms with Gasteiger partial charge in [-0.1, -0.05) is 40.9 Å². The molecule has 0 aliphatic rings. The van der Waals surface area contributed by atoms with Crippen LogP contribution in [0.5, 0.6) is 0 Å². The van der Waals surface area contributed by atoms with E-state index in [1.54, 1.807) is 0 Å². The third-order valence-corrected chi connectivity index (χ3v) is 2.81. The van der Waals surface area contributed by atoms with Gasteiger partial charge in [0.15, 0.2) is 0 Å². The second-order valence-corrected chi connectivity index (χ2v) is 4.20. The van der Waals surface area contributed by atoms with Gasteiger partial charge in [-0.25, -0.2) is 0 Å². The van der Waals surface area contributed by atoms with Crippen molar-refractivity contribution in [2.24, 2.45) is 0 Å². The largest absolute Gasteiger partial charge is 0.122 e. The third kappa shape index (κ3) is 3.20. The Morgan fingerprint density at radius 3 is 2.36 bits per heavy atom. The highest BCUT2D eigenvalue weighted by atomic mass is 35.5. The van der Waals surface area contributed by atoms with Crippen molar-refractivity contribution in [2.75, 3.05) is 5.88 Å². The quantitative estimate of drug-likeness (QED) is 0.537. The number of hydrogen-bond donors (Lipinski definition) is 0. The van der Waals surface area contributed by atoms with E-state index in [0.717, 1.165) is 12.0 Å². The fraction of sp³-hybridized carbons (Fsp3) is 0.273. The Hall–Kier alpha value is -0.170. The molecule has 0 aromatic heterocycles. The SMILES string of the molecule is CC(=CCCl)Cc1c(Cl)cccc1Cl. The Kier molecular flexibility index (Phi) is 4.80. The molecule has 0 atom stereocenters. The van der Waals surface area contributed by atoms with Gasteiger partial charge in [-0.15, -0.1) is 11.6 Å². The summed E-state index contributed by atoms with van der Waals surface area (Å²) < 4.78 is 0. The molecular formula is C11H11Cl3. The molecule has 0 unspecified atom stereocenters. The highest BCUT2D eigenvalue weighted by Gasteiger charge is 2.05. The van der Waals surface area contributed by atoms with Crippen molar-refractivity contribution in [3.05, 3.63) is 45.5 Å². The predicted molar refractivity (Wildman–Crippen MR) is 64.6 cm³/mol. The number of alkyl halides is 1. The molecule has 0 saturated heterocycles. The Morgan fingerprint density at radius 2 is 1.86 bits per heavy atom. The van der Waals surface area contributed by atoms with Crippen molar-refractivity contribution in [1.82, 2.24) is 0 Å². The summed E-state index contributed by atoms with van der Waals surface area (Å²) in [4.78, 5) is 0. The number of rotatable bonds is 3. The number of hydrogen-bond acceptors (Lipinski definition) is 0. The maximum atomic E-state index is 6.03. The molecular weight excluding hydrogens is 238 g/mol. The molecule has 0 radical (unpaired) electrons. The van der Waals surface area contributed by atoms with Gasteiger partial charge < -0.3 is 0 Å². The van der Waals surface area contributed by atoms with Crippen LogP contribution in [-0.2, 0) is 6.42 Å². The predicted octanol–water partition coefficient (Wildman–Crippen LogP) is 4.72. The van der Waals surface area contributed by atoms with E-state index in [-0.39, 0.29) is 0 Å². The molecule has 0 saturated carbocycles. The van der Waals surface area contributed by atoms with Crippen LogP contribution in [0.3, 0.4) is 0 Å². The lowest BCUT2D eigenvalue weighted by Gasteiger charge is -2.06. The molecule has 0 nitrogen and oxygen atoms in total. The lowest BCUT2D eigenvalue weighted by atomic mass is 10.1. The molecule has 0 amide bonds. The van der Waals surface area contributed by atoms with Gasteiger partial charge in [0.2, 0.25) is 0 Å². The van der Waals surface area contributed by atoms with Crippen molar-refractivity contribution in [2.45, 2.75) is 13.3 Å². The highest BCUT2D eigenvalue weighted by molar-refractivity contribution is 6.36. The molecule has 76 valence electrons. The van der Waals surface area contributed by atoms with E-state index >= 15 is 0 Å². The maximum Gasteiger partial charge on any atom is 0.0456 e. The van der Waals surface area contributed by atoms with Gasteiger partial charge in [0.25, 0.3) is 0 Å². The van der Waals surface area contributed by atoms with Gasteiger partial charge in [0.1, 0.15) is 0 Å². The summed E-state index contributed by atoms with van der Waals surface area (Å²) in [5.74, 6) is 0.522. The molecule has 1 aromatic rings. The summed E-state index contributed by atoms with van der Waals surface area (Å²) in [6.45, 7) is 2.02. The van der Waals surface area contributed by atoms with Crippen LogP contribution in [0.25, 0.3) is 0 Å². The van der Waals surface area contributed by atoms with Gasteiger partial charge >= 0.3 is 0 Å². The van der Waals surface area contributed by atoms with Crippen LogP contribution < -0.4 is 0 Å². The van der Waals surface area contributed by atoms with Crippen LogP contribution in [0, 0.1) is 0 Å². The summed E-state index contributed by atoms with van der Waals surface area (Å²) in [6.07, 6.45) is 2.71. The van der Waals surface area contributed by atoms with E-state index in [1.165, 1.54) is 5.57 Å². The van der Waals surface area contributed by atoms with Crippen molar-refractivity contribution in [3.8, 4) is 0 Å². The van der Waals surface area contributed by atoms with Crippen LogP contribution in [-0.4, -0.2) is 5.88 Å². The standard InChI is InChI=1S/C11H11Cl3/c1-8(5-6-12)7-9-10(13)3-2-4-11(9)14/h2-5H,6-7H2,1H3. The molecule has 0 fully saturated rings. The molecule has 1 aromatic carbocycles. The molecule has 0 aliphatic carbocycles. The van der Waals surface area contributed by atoms with Crippen LogP contribution in [0.2, 0.25) is 10.0 Å². The zero-order valence-electron chi connectivity index (χ0n) is 7.86. The molecule has 0 N–H and O–H groups in total. The zero-order valence-corrected chi connectivity index (χ0v) is 10.1. The van der Waals surface area contributed by atoms with Crippen LogP contribution in [0.1, 0.15) is 12.5 Å². The summed E-state index contributed by atoms with van der Waals surface area (Å²) in [5, 5.41) is 1.42. The van der Waals surface area contributed by atoms with Gasteiger partial charge in [-0.3, -0.25) is 0 Å². The van der Waals surface area contributed by atoms with E-state index in [0.29, 0.717) is 15.9 Å². The minimum Gasteiger partial charge on any atom is -0.122 e. The first-order chi connectivity index (χ1) is 6.65. The average molecular weight is 250 g/mol. The minimum atomic E-state index is 0.522. The number of benzene rings is 1. The topological polar surface area (TPSA) is 0 Å². The van der Waals surface area contributed by atoms with E-state index < -0.39 is 0 Å². The molecule has 14 heavy (non-hydrogen) atoms. The van der Waals surface area contributed by atoms with E-state index in [9.17, 15) is 0 Å². The Morgan fingerprint density at radius 1 is 1.29 bits per heavy atom. The summed E-state index contributed by atoms with van der Waals surface area (Å²) in [6, 6.07) is 5.53. The third-order valence-electron chi connectivity index (χ3n) is 1.94. The second-order valence-electron chi connectivity index (χ2n) is 3.08. The van der Waals surface area contributed by atoms with E-state index in [2.05, 4.69) is 0 Å². The van der Waals surface area contributed by atoms with E-state index in [4.69, 9.17) is 34.8 Å². The lowest BCUT2D eigenvalue weighted by Crippen LogP contribution is -1.90. The minimum absolute atomic E-state index is 0.522. The van der Waals surface area contributed by atoms with Crippen LogP contribution in [0.15, 0.2) is 29.8 Å². The Labute approximate surface area is 99.5 Å². The maximum absolute atomic E-state index is 6.03. The Balaban J connectivity index is 2.91. The van der Waals surface area contributed by atoms with E-state index in [1.807, 2.05) is 31.2 Å². The molecule has 0 heterocycles. The lowest BCUT2D eigenvalue weighted by molar-refractivity contribution is 1.14. The number of halogens is 3. The van der Waals surface area contributed by atoms with Crippen molar-refractivity contribution < 1.29 is 0 Å². The molecule has 0 spiro atoms. The summed E-state index contributed by atoms with van der Waals surface area (Å²) in [7, 11) is 0. The van der Waals surface area contributed by atoms with Crippen molar-refractivity contribution in [1.29, 1.82) is 0 Å². The molecule has 1 rings (SSSR count). The zero-order chi connectivity index (χ0) is 10.6. The smallest absolute Gasteiger partial charge is 0.0456 e. The van der Waals surface area contributed by atoms with Crippen LogP contribution in [0.4, 0.5) is 0 Å². The van der Waals surface area contributed by atoms with Crippen molar-refractivity contribution in [3.63, 3.8) is 0 Å². The summed E-state index contributed by atoms with van der Waals surface area (Å²) >= 11 is 17.7. The Bertz CT molecular complexity index is 322. The van der Waals surface area contributed by atoms with Gasteiger partial charge in [-0.2, -0.15) is 0 Å². The molecule has 3 heteroatoms. The first-order valence-electron chi connectivity index (χ1n) is 4.29. The fourth-order valence-corrected chi connectivity index (χ4v) is 1.98. The first-order valence-corrected chi connectivity index (χ1v) is 5.58. The first kappa shape index (κ1) is 11.9. The van der Waals surface area contributed by atoms with Gasteiger partial charge in [0, 0.05) is 15.9 Å². The van der Waals surface area contributed by atoms with Crippen LogP contribution >= 0.6 is 34.8 Å². The van der Waals surface area contributed by atoms with Crippen molar-refractivity contribution >= 4 is 34.8 Å². The fourth-order valence-electron chi connectivity index (χ4n) is 1.18. The normalized spacial score (nSPS) is 11.9. The molecule has 0 bridgehead atoms. The monoisotopic (exact) mass is 248 g/mol. The average Bonchev–Trinajstić information content (AvgIpc) is 2.12. The summed E-state index contributed by atoms with van der Waals surface area (Å²) in [5.41, 5.74) is 2.14. The molecule has 0 aliphatic heterocycles. The van der Waals surface area contributed by atoms with Gasteiger partial charge in [-0.05, 0) is 31.0 Å². The van der Waals surface area contributed by atoms with Gasteiger partial charge in [0.05, 0.1) is 0 Å². The highest BCUT2D eigenvalue weighted by Crippen LogP contribution is 2.26. The number of allylic oxidation sites excluding steroid dienone is 2.